The van der Waals surface area contributed by atoms with Gasteiger partial charge < -0.3 is 14.9 Å². The zero-order chi connectivity index (χ0) is 16.7. The lowest BCUT2D eigenvalue weighted by molar-refractivity contribution is -0.150. The Kier molecular flexibility index (Phi) is 7.35. The number of rotatable bonds is 7. The molecule has 1 heterocycles. The molecule has 0 aromatic heterocycles. The first-order valence-electron chi connectivity index (χ1n) is 8.13. The molecule has 6 nitrogen and oxygen atoms in total. The Labute approximate surface area is 132 Å². The Bertz CT molecular complexity index is 405. The van der Waals surface area contributed by atoms with E-state index in [1.54, 1.807) is 11.9 Å². The van der Waals surface area contributed by atoms with E-state index in [4.69, 9.17) is 5.11 Å². The molecule has 1 rings (SSSR count). The number of likely N-dealkylation sites (N-methyl/N-ethyl adjacent to an activating group) is 1. The first kappa shape index (κ1) is 18.5. The topological polar surface area (TPSA) is 77.9 Å². The third-order valence-electron chi connectivity index (χ3n) is 4.40. The standard InChI is InChI=1S/C16H28N2O4/c1-4-12(2)10-14(19)17(3)13(11-15(20)21)16(22)18-8-6-5-7-9-18/h12-13H,4-11H2,1-3H3,(H,20,21)/t12-,13-/m0/s1. The maximum Gasteiger partial charge on any atom is 0.305 e. The molecule has 126 valence electrons. The number of amides is 2. The third-order valence-corrected chi connectivity index (χ3v) is 4.40. The van der Waals surface area contributed by atoms with Gasteiger partial charge in [0, 0.05) is 26.6 Å². The van der Waals surface area contributed by atoms with Gasteiger partial charge >= 0.3 is 5.97 Å². The molecule has 0 unspecified atom stereocenters. The zero-order valence-corrected chi connectivity index (χ0v) is 13.9. The minimum Gasteiger partial charge on any atom is -0.481 e. The minimum atomic E-state index is -1.06. The monoisotopic (exact) mass is 312 g/mol. The second-order valence-corrected chi connectivity index (χ2v) is 6.22. The largest absolute Gasteiger partial charge is 0.481 e. The second kappa shape index (κ2) is 8.76. The van der Waals surface area contributed by atoms with E-state index in [-0.39, 0.29) is 24.2 Å². The molecular formula is C16H28N2O4. The summed E-state index contributed by atoms with van der Waals surface area (Å²) >= 11 is 0. The van der Waals surface area contributed by atoms with Crippen LogP contribution in [0.5, 0.6) is 0 Å². The van der Waals surface area contributed by atoms with Crippen LogP contribution in [0.25, 0.3) is 0 Å². The van der Waals surface area contributed by atoms with Crippen LogP contribution >= 0.6 is 0 Å². The summed E-state index contributed by atoms with van der Waals surface area (Å²) in [6, 6.07) is -0.896. The van der Waals surface area contributed by atoms with E-state index in [1.165, 1.54) is 4.90 Å². The molecule has 0 aromatic rings. The SMILES string of the molecule is CC[C@H](C)CC(=O)N(C)[C@@H](CC(=O)O)C(=O)N1CCCCC1. The average Bonchev–Trinajstić information content (AvgIpc) is 2.51. The van der Waals surface area contributed by atoms with Crippen molar-refractivity contribution in [3.8, 4) is 0 Å². The molecule has 0 spiro atoms. The second-order valence-electron chi connectivity index (χ2n) is 6.22. The van der Waals surface area contributed by atoms with Crippen LogP contribution in [0.2, 0.25) is 0 Å². The summed E-state index contributed by atoms with van der Waals surface area (Å²) in [5.41, 5.74) is 0. The molecule has 1 aliphatic heterocycles. The Morgan fingerprint density at radius 1 is 1.14 bits per heavy atom. The van der Waals surface area contributed by atoms with Crippen molar-refractivity contribution >= 4 is 17.8 Å². The van der Waals surface area contributed by atoms with Crippen molar-refractivity contribution in [3.05, 3.63) is 0 Å². The number of piperidine rings is 1. The number of hydrogen-bond donors (Lipinski definition) is 1. The van der Waals surface area contributed by atoms with Gasteiger partial charge in [0.25, 0.3) is 0 Å². The molecule has 1 aliphatic rings. The molecule has 1 fully saturated rings. The number of carbonyl (C=O) groups excluding carboxylic acids is 2. The van der Waals surface area contributed by atoms with Gasteiger partial charge in [-0.05, 0) is 25.2 Å². The van der Waals surface area contributed by atoms with E-state index < -0.39 is 12.0 Å². The number of carbonyl (C=O) groups is 3. The van der Waals surface area contributed by atoms with Crippen molar-refractivity contribution in [1.82, 2.24) is 9.80 Å². The quantitative estimate of drug-likeness (QED) is 0.776. The molecular weight excluding hydrogens is 284 g/mol. The molecule has 2 atom stereocenters. The summed E-state index contributed by atoms with van der Waals surface area (Å²) in [5, 5.41) is 9.08. The van der Waals surface area contributed by atoms with Crippen LogP contribution in [-0.2, 0) is 14.4 Å². The molecule has 1 saturated heterocycles. The van der Waals surface area contributed by atoms with Crippen LogP contribution in [0.4, 0.5) is 0 Å². The highest BCUT2D eigenvalue weighted by Crippen LogP contribution is 2.16. The fraction of sp³-hybridized carbons (Fsp3) is 0.812. The van der Waals surface area contributed by atoms with E-state index in [2.05, 4.69) is 0 Å². The Hall–Kier alpha value is -1.59. The first-order chi connectivity index (χ1) is 10.4. The highest BCUT2D eigenvalue weighted by atomic mass is 16.4. The van der Waals surface area contributed by atoms with Crippen molar-refractivity contribution in [3.63, 3.8) is 0 Å². The van der Waals surface area contributed by atoms with Gasteiger partial charge in [0.2, 0.25) is 11.8 Å². The van der Waals surface area contributed by atoms with Gasteiger partial charge in [0.15, 0.2) is 0 Å². The molecule has 22 heavy (non-hydrogen) atoms. The number of aliphatic carboxylic acids is 1. The van der Waals surface area contributed by atoms with Gasteiger partial charge in [-0.15, -0.1) is 0 Å². The number of carboxylic acid groups (broad SMARTS) is 1. The van der Waals surface area contributed by atoms with Crippen molar-refractivity contribution in [2.45, 2.75) is 58.4 Å². The molecule has 1 N–H and O–H groups in total. The number of hydrogen-bond acceptors (Lipinski definition) is 3. The van der Waals surface area contributed by atoms with E-state index in [0.29, 0.717) is 19.5 Å². The lowest BCUT2D eigenvalue weighted by Crippen LogP contribution is -2.51. The van der Waals surface area contributed by atoms with Gasteiger partial charge in [-0.1, -0.05) is 20.3 Å². The molecule has 0 aliphatic carbocycles. The van der Waals surface area contributed by atoms with Crippen LogP contribution in [-0.4, -0.2) is 58.9 Å². The zero-order valence-electron chi connectivity index (χ0n) is 13.9. The van der Waals surface area contributed by atoms with E-state index in [0.717, 1.165) is 25.7 Å². The van der Waals surface area contributed by atoms with Gasteiger partial charge in [-0.25, -0.2) is 0 Å². The highest BCUT2D eigenvalue weighted by molar-refractivity contribution is 5.90. The highest BCUT2D eigenvalue weighted by Gasteiger charge is 2.33. The molecule has 0 bridgehead atoms. The molecule has 2 amide bonds. The van der Waals surface area contributed by atoms with Crippen LogP contribution < -0.4 is 0 Å². The maximum absolute atomic E-state index is 12.6. The van der Waals surface area contributed by atoms with Crippen molar-refractivity contribution < 1.29 is 19.5 Å². The fourth-order valence-electron chi connectivity index (χ4n) is 2.64. The summed E-state index contributed by atoms with van der Waals surface area (Å²) in [6.07, 6.45) is 3.86. The van der Waals surface area contributed by atoms with Crippen molar-refractivity contribution in [2.75, 3.05) is 20.1 Å². The van der Waals surface area contributed by atoms with Gasteiger partial charge in [0.05, 0.1) is 6.42 Å². The Morgan fingerprint density at radius 2 is 1.73 bits per heavy atom. The van der Waals surface area contributed by atoms with Crippen molar-refractivity contribution in [1.29, 1.82) is 0 Å². The third kappa shape index (κ3) is 5.31. The predicted octanol–water partition coefficient (Wildman–Crippen LogP) is 1.74. The molecule has 0 radical (unpaired) electrons. The van der Waals surface area contributed by atoms with Crippen LogP contribution in [0.15, 0.2) is 0 Å². The maximum atomic E-state index is 12.6. The first-order valence-corrected chi connectivity index (χ1v) is 8.13. The van der Waals surface area contributed by atoms with Crippen LogP contribution in [0.1, 0.15) is 52.4 Å². The summed E-state index contributed by atoms with van der Waals surface area (Å²) in [6.45, 7) is 5.29. The van der Waals surface area contributed by atoms with Crippen LogP contribution in [0.3, 0.4) is 0 Å². The normalized spacial score (nSPS) is 17.7. The predicted molar refractivity (Wildman–Crippen MR) is 83.3 cm³/mol. The van der Waals surface area contributed by atoms with Gasteiger partial charge in [-0.3, -0.25) is 14.4 Å². The summed E-state index contributed by atoms with van der Waals surface area (Å²) in [7, 11) is 1.54. The van der Waals surface area contributed by atoms with Crippen LogP contribution in [0, 0.1) is 5.92 Å². The average molecular weight is 312 g/mol. The summed E-state index contributed by atoms with van der Waals surface area (Å²) in [4.78, 5) is 39.0. The smallest absolute Gasteiger partial charge is 0.305 e. The van der Waals surface area contributed by atoms with E-state index in [9.17, 15) is 14.4 Å². The number of likely N-dealkylation sites (tertiary alicyclic amines) is 1. The molecule has 0 aromatic carbocycles. The van der Waals surface area contributed by atoms with Crippen molar-refractivity contribution in [2.24, 2.45) is 5.92 Å². The fourth-order valence-corrected chi connectivity index (χ4v) is 2.64. The molecule has 0 saturated carbocycles. The lowest BCUT2D eigenvalue weighted by atomic mass is 10.0. The van der Waals surface area contributed by atoms with E-state index in [1.807, 2.05) is 13.8 Å². The summed E-state index contributed by atoms with van der Waals surface area (Å²) < 4.78 is 0. The molecule has 6 heteroatoms. The Morgan fingerprint density at radius 3 is 2.23 bits per heavy atom. The van der Waals surface area contributed by atoms with Gasteiger partial charge in [-0.2, -0.15) is 0 Å². The van der Waals surface area contributed by atoms with E-state index >= 15 is 0 Å². The number of carboxylic acids is 1. The summed E-state index contributed by atoms with van der Waals surface area (Å²) in [5.74, 6) is -1.22. The lowest BCUT2D eigenvalue weighted by Gasteiger charge is -2.34. The Balaban J connectivity index is 2.79. The number of nitrogens with zero attached hydrogens (tertiary/aromatic N) is 2. The minimum absolute atomic E-state index is 0.161. The van der Waals surface area contributed by atoms with Gasteiger partial charge in [0.1, 0.15) is 6.04 Å².